The summed E-state index contributed by atoms with van der Waals surface area (Å²) in [6.07, 6.45) is 0.839. The molecule has 7 nitrogen and oxygen atoms in total. The Morgan fingerprint density at radius 3 is 2.79 bits per heavy atom. The molecule has 0 aliphatic carbocycles. The number of benzene rings is 1. The number of hydrogen-bond acceptors (Lipinski definition) is 5. The number of aryl methyl sites for hydroxylation is 2. The smallest absolute Gasteiger partial charge is 0.231 e. The number of nitrogens with zero attached hydrogens (tertiary/aromatic N) is 2. The summed E-state index contributed by atoms with van der Waals surface area (Å²) in [6, 6.07) is 5.91. The maximum Gasteiger partial charge on any atom is 0.231 e. The topological polar surface area (TPSA) is 80.9 Å². The number of guanidine groups is 1. The number of nitrogens with one attached hydrogen (secondary N) is 2. The second kappa shape index (κ2) is 7.25. The molecule has 0 amide bonds. The highest BCUT2D eigenvalue weighted by Gasteiger charge is 2.13. The van der Waals surface area contributed by atoms with E-state index >= 15 is 0 Å². The van der Waals surface area contributed by atoms with Crippen molar-refractivity contribution in [3.8, 4) is 11.5 Å². The number of aliphatic imine (C=N–C) groups is 1. The van der Waals surface area contributed by atoms with Gasteiger partial charge in [-0.2, -0.15) is 0 Å². The van der Waals surface area contributed by atoms with Crippen LogP contribution in [0.25, 0.3) is 0 Å². The van der Waals surface area contributed by atoms with Crippen molar-refractivity contribution in [3.05, 3.63) is 40.8 Å². The molecule has 3 rings (SSSR count). The number of fused-ring (bicyclic) bond motifs is 1. The minimum Gasteiger partial charge on any atom is -0.454 e. The molecule has 1 aliphatic heterocycles. The summed E-state index contributed by atoms with van der Waals surface area (Å²) in [7, 11) is 1.75. The molecule has 0 radical (unpaired) electrons. The average molecular weight is 330 g/mol. The fraction of sp³-hybridized carbons (Fsp3) is 0.412. The molecule has 7 heteroatoms. The van der Waals surface area contributed by atoms with Gasteiger partial charge in [-0.05, 0) is 38.0 Å². The quantitative estimate of drug-likeness (QED) is 0.644. The van der Waals surface area contributed by atoms with E-state index in [0.717, 1.165) is 53.0 Å². The largest absolute Gasteiger partial charge is 0.454 e. The molecule has 0 unspecified atom stereocenters. The molecule has 0 fully saturated rings. The molecule has 0 saturated heterocycles. The molecule has 128 valence electrons. The van der Waals surface area contributed by atoms with Gasteiger partial charge < -0.3 is 24.6 Å². The molecule has 0 spiro atoms. The maximum absolute atomic E-state index is 5.39. The predicted octanol–water partition coefficient (Wildman–Crippen LogP) is 1.93. The molecule has 1 aromatic heterocycles. The summed E-state index contributed by atoms with van der Waals surface area (Å²) in [5, 5.41) is 10.6. The first-order valence-electron chi connectivity index (χ1n) is 7.92. The van der Waals surface area contributed by atoms with Crippen molar-refractivity contribution in [2.45, 2.75) is 26.8 Å². The van der Waals surface area contributed by atoms with Crippen molar-refractivity contribution in [1.29, 1.82) is 0 Å². The van der Waals surface area contributed by atoms with Gasteiger partial charge in [0.15, 0.2) is 17.5 Å². The average Bonchev–Trinajstić information content (AvgIpc) is 3.18. The lowest BCUT2D eigenvalue weighted by Crippen LogP contribution is -2.37. The molecule has 2 heterocycles. The first-order valence-corrected chi connectivity index (χ1v) is 7.92. The standard InChI is InChI=1S/C17H22N4O3/c1-11-14(12(2)24-21-11)6-7-19-17(18-3)20-9-13-4-5-15-16(8-13)23-10-22-15/h4-5,8H,6-7,9-10H2,1-3H3,(H2,18,19,20). The minimum absolute atomic E-state index is 0.289. The van der Waals surface area contributed by atoms with Crippen LogP contribution in [0.15, 0.2) is 27.7 Å². The van der Waals surface area contributed by atoms with Crippen LogP contribution in [0.1, 0.15) is 22.6 Å². The Balaban J connectivity index is 1.48. The molecule has 0 atom stereocenters. The first kappa shape index (κ1) is 16.2. The van der Waals surface area contributed by atoms with Crippen molar-refractivity contribution in [2.24, 2.45) is 4.99 Å². The molecular formula is C17H22N4O3. The Kier molecular flexibility index (Phi) is 4.88. The zero-order chi connectivity index (χ0) is 16.9. The molecule has 1 aliphatic rings. The number of ether oxygens (including phenoxy) is 2. The number of hydrogen-bond donors (Lipinski definition) is 2. The summed E-state index contributed by atoms with van der Waals surface area (Å²) < 4.78 is 15.9. The van der Waals surface area contributed by atoms with Crippen molar-refractivity contribution in [1.82, 2.24) is 15.8 Å². The van der Waals surface area contributed by atoms with Crippen LogP contribution >= 0.6 is 0 Å². The van der Waals surface area contributed by atoms with Gasteiger partial charge in [0.05, 0.1) is 5.69 Å². The van der Waals surface area contributed by atoms with Gasteiger partial charge in [0.1, 0.15) is 5.76 Å². The van der Waals surface area contributed by atoms with E-state index in [9.17, 15) is 0 Å². The molecule has 0 bridgehead atoms. The maximum atomic E-state index is 5.39. The highest BCUT2D eigenvalue weighted by molar-refractivity contribution is 5.79. The van der Waals surface area contributed by atoms with Crippen molar-refractivity contribution >= 4 is 5.96 Å². The van der Waals surface area contributed by atoms with Gasteiger partial charge in [0.25, 0.3) is 0 Å². The van der Waals surface area contributed by atoms with Crippen LogP contribution in [0.3, 0.4) is 0 Å². The number of aromatic nitrogens is 1. The molecule has 2 N–H and O–H groups in total. The van der Waals surface area contributed by atoms with Gasteiger partial charge in [0, 0.05) is 25.7 Å². The fourth-order valence-electron chi connectivity index (χ4n) is 2.62. The van der Waals surface area contributed by atoms with Gasteiger partial charge in [-0.1, -0.05) is 11.2 Å². The fourth-order valence-corrected chi connectivity index (χ4v) is 2.62. The summed E-state index contributed by atoms with van der Waals surface area (Å²) in [5.74, 6) is 3.20. The SMILES string of the molecule is CN=C(NCCc1c(C)noc1C)NCc1ccc2c(c1)OCO2. The van der Waals surface area contributed by atoms with Gasteiger partial charge >= 0.3 is 0 Å². The Bertz CT molecular complexity index is 720. The van der Waals surface area contributed by atoms with Crippen LogP contribution in [0.4, 0.5) is 0 Å². The highest BCUT2D eigenvalue weighted by Crippen LogP contribution is 2.32. The Hall–Kier alpha value is -2.70. The van der Waals surface area contributed by atoms with E-state index < -0.39 is 0 Å². The predicted molar refractivity (Wildman–Crippen MR) is 90.4 cm³/mol. The summed E-state index contributed by atoms with van der Waals surface area (Å²) in [6.45, 7) is 5.59. The molecule has 1 aromatic carbocycles. The first-order chi connectivity index (χ1) is 11.7. The van der Waals surface area contributed by atoms with E-state index in [4.69, 9.17) is 14.0 Å². The summed E-state index contributed by atoms with van der Waals surface area (Å²) >= 11 is 0. The van der Waals surface area contributed by atoms with Crippen LogP contribution in [0, 0.1) is 13.8 Å². The van der Waals surface area contributed by atoms with E-state index in [0.29, 0.717) is 6.54 Å². The second-order valence-electron chi connectivity index (χ2n) is 5.59. The molecular weight excluding hydrogens is 308 g/mol. The molecule has 2 aromatic rings. The lowest BCUT2D eigenvalue weighted by molar-refractivity contribution is 0.174. The third kappa shape index (κ3) is 3.61. The minimum atomic E-state index is 0.289. The lowest BCUT2D eigenvalue weighted by atomic mass is 10.1. The molecule has 24 heavy (non-hydrogen) atoms. The third-order valence-electron chi connectivity index (χ3n) is 3.97. The third-order valence-corrected chi connectivity index (χ3v) is 3.97. The van der Waals surface area contributed by atoms with Crippen molar-refractivity contribution < 1.29 is 14.0 Å². The van der Waals surface area contributed by atoms with Crippen LogP contribution in [0.2, 0.25) is 0 Å². The van der Waals surface area contributed by atoms with E-state index in [1.165, 1.54) is 0 Å². The Labute approximate surface area is 141 Å². The molecule has 0 saturated carbocycles. The van der Waals surface area contributed by atoms with Gasteiger partial charge in [-0.25, -0.2) is 0 Å². The van der Waals surface area contributed by atoms with Crippen molar-refractivity contribution in [3.63, 3.8) is 0 Å². The van der Waals surface area contributed by atoms with E-state index in [-0.39, 0.29) is 6.79 Å². The van der Waals surface area contributed by atoms with Gasteiger partial charge in [-0.15, -0.1) is 0 Å². The summed E-state index contributed by atoms with van der Waals surface area (Å²) in [5.41, 5.74) is 3.19. The van der Waals surface area contributed by atoms with E-state index in [1.807, 2.05) is 32.0 Å². The Morgan fingerprint density at radius 2 is 2.04 bits per heavy atom. The Morgan fingerprint density at radius 1 is 1.21 bits per heavy atom. The zero-order valence-electron chi connectivity index (χ0n) is 14.2. The van der Waals surface area contributed by atoms with Gasteiger partial charge in [0.2, 0.25) is 6.79 Å². The monoisotopic (exact) mass is 330 g/mol. The normalized spacial score (nSPS) is 13.2. The van der Waals surface area contributed by atoms with Gasteiger partial charge in [-0.3, -0.25) is 4.99 Å². The summed E-state index contributed by atoms with van der Waals surface area (Å²) in [4.78, 5) is 4.24. The van der Waals surface area contributed by atoms with Crippen molar-refractivity contribution in [2.75, 3.05) is 20.4 Å². The van der Waals surface area contributed by atoms with Crippen LogP contribution in [0.5, 0.6) is 11.5 Å². The van der Waals surface area contributed by atoms with Crippen LogP contribution in [-0.2, 0) is 13.0 Å². The van der Waals surface area contributed by atoms with E-state index in [1.54, 1.807) is 7.05 Å². The van der Waals surface area contributed by atoms with Crippen LogP contribution in [-0.4, -0.2) is 31.5 Å². The van der Waals surface area contributed by atoms with Crippen LogP contribution < -0.4 is 20.1 Å². The van der Waals surface area contributed by atoms with E-state index in [2.05, 4.69) is 20.8 Å². The lowest BCUT2D eigenvalue weighted by Gasteiger charge is -2.12. The zero-order valence-corrected chi connectivity index (χ0v) is 14.2. The second-order valence-corrected chi connectivity index (χ2v) is 5.59. The highest BCUT2D eigenvalue weighted by atomic mass is 16.7. The number of rotatable bonds is 5.